The summed E-state index contributed by atoms with van der Waals surface area (Å²) in [5.41, 5.74) is 6.49. The smallest absolute Gasteiger partial charge is 0.324 e. The Hall–Kier alpha value is -4.20. The molecule has 0 bridgehead atoms. The molecule has 8 nitrogen and oxygen atoms in total. The van der Waals surface area contributed by atoms with Crippen molar-refractivity contribution in [2.45, 2.75) is 40.2 Å². The summed E-state index contributed by atoms with van der Waals surface area (Å²) in [4.78, 5) is 25.6. The molecule has 0 atom stereocenters. The predicted molar refractivity (Wildman–Crippen MR) is 132 cm³/mol. The van der Waals surface area contributed by atoms with E-state index in [4.69, 9.17) is 0 Å². The van der Waals surface area contributed by atoms with Crippen molar-refractivity contribution >= 4 is 22.8 Å². The average Bonchev–Trinajstić information content (AvgIpc) is 3.38. The van der Waals surface area contributed by atoms with E-state index < -0.39 is 0 Å². The van der Waals surface area contributed by atoms with Gasteiger partial charge in [0, 0.05) is 23.6 Å². The van der Waals surface area contributed by atoms with Crippen LogP contribution >= 0.6 is 0 Å². The van der Waals surface area contributed by atoms with Crippen LogP contribution in [-0.4, -0.2) is 29.7 Å². The Labute approximate surface area is 196 Å². The highest BCUT2D eigenvalue weighted by molar-refractivity contribution is 5.92. The maximum Gasteiger partial charge on any atom is 0.350 e. The summed E-state index contributed by atoms with van der Waals surface area (Å²) in [6.45, 7) is 8.01. The Bertz CT molecular complexity index is 1570. The first kappa shape index (κ1) is 21.6. The van der Waals surface area contributed by atoms with E-state index in [9.17, 15) is 9.59 Å². The first-order chi connectivity index (χ1) is 16.3. The second kappa shape index (κ2) is 8.30. The van der Waals surface area contributed by atoms with Crippen LogP contribution in [0.4, 0.5) is 5.69 Å². The Kier molecular flexibility index (Phi) is 5.28. The van der Waals surface area contributed by atoms with Crippen molar-refractivity contribution in [3.8, 4) is 11.3 Å². The second-order valence-electron chi connectivity index (χ2n) is 8.88. The van der Waals surface area contributed by atoms with Crippen molar-refractivity contribution in [3.05, 3.63) is 88.1 Å². The Morgan fingerprint density at radius 1 is 1.00 bits per heavy atom. The van der Waals surface area contributed by atoms with Gasteiger partial charge >= 0.3 is 5.69 Å². The number of aryl methyl sites for hydroxylation is 2. The van der Waals surface area contributed by atoms with Crippen LogP contribution in [0, 0.1) is 13.8 Å². The number of hydrogen-bond donors (Lipinski definition) is 1. The van der Waals surface area contributed by atoms with Gasteiger partial charge in [0.15, 0.2) is 5.65 Å². The van der Waals surface area contributed by atoms with Crippen molar-refractivity contribution in [2.75, 3.05) is 5.32 Å². The van der Waals surface area contributed by atoms with Gasteiger partial charge in [-0.25, -0.2) is 18.4 Å². The van der Waals surface area contributed by atoms with E-state index in [1.807, 2.05) is 38.1 Å². The minimum atomic E-state index is -0.377. The number of carbonyl (C=O) groups is 1. The van der Waals surface area contributed by atoms with Crippen LogP contribution in [0.5, 0.6) is 0 Å². The van der Waals surface area contributed by atoms with Crippen LogP contribution < -0.4 is 11.0 Å². The number of fused-ring (bicyclic) bond motifs is 3. The molecule has 0 fully saturated rings. The van der Waals surface area contributed by atoms with Gasteiger partial charge in [0.05, 0.1) is 5.69 Å². The molecule has 0 saturated heterocycles. The molecule has 8 heteroatoms. The maximum atomic E-state index is 12.9. The zero-order chi connectivity index (χ0) is 24.0. The summed E-state index contributed by atoms with van der Waals surface area (Å²) in [5, 5.41) is 12.0. The first-order valence-electron chi connectivity index (χ1n) is 11.3. The molecule has 0 spiro atoms. The number of hydrogen-bond acceptors (Lipinski definition) is 4. The predicted octanol–water partition coefficient (Wildman–Crippen LogP) is 4.19. The number of nitrogens with zero attached hydrogens (tertiary/aromatic N) is 5. The van der Waals surface area contributed by atoms with Crippen molar-refractivity contribution < 1.29 is 4.79 Å². The fraction of sp³-hybridized carbons (Fsp3) is 0.231. The fourth-order valence-corrected chi connectivity index (χ4v) is 4.14. The van der Waals surface area contributed by atoms with Crippen LogP contribution in [0.15, 0.2) is 65.7 Å². The number of nitrogens with one attached hydrogen (secondary N) is 1. The Morgan fingerprint density at radius 2 is 1.71 bits per heavy atom. The van der Waals surface area contributed by atoms with Gasteiger partial charge in [0.1, 0.15) is 12.1 Å². The van der Waals surface area contributed by atoms with Gasteiger partial charge < -0.3 is 5.32 Å². The highest BCUT2D eigenvalue weighted by Crippen LogP contribution is 2.24. The summed E-state index contributed by atoms with van der Waals surface area (Å²) in [6.07, 6.45) is 3.34. The van der Waals surface area contributed by atoms with Gasteiger partial charge in [-0.3, -0.25) is 4.79 Å². The molecule has 0 radical (unpaired) electrons. The number of rotatable bonds is 5. The van der Waals surface area contributed by atoms with Gasteiger partial charge in [0.2, 0.25) is 5.91 Å². The van der Waals surface area contributed by atoms with Gasteiger partial charge in [-0.2, -0.15) is 5.10 Å². The number of anilines is 1. The van der Waals surface area contributed by atoms with Crippen molar-refractivity contribution in [3.63, 3.8) is 0 Å². The van der Waals surface area contributed by atoms with E-state index in [0.29, 0.717) is 17.1 Å². The van der Waals surface area contributed by atoms with Crippen LogP contribution in [0.2, 0.25) is 0 Å². The molecule has 3 aromatic heterocycles. The summed E-state index contributed by atoms with van der Waals surface area (Å²) in [6, 6.07) is 16.0. The molecule has 0 unspecified atom stereocenters. The quantitative estimate of drug-likeness (QED) is 0.432. The molecule has 1 amide bonds. The third-order valence-corrected chi connectivity index (χ3v) is 6.10. The van der Waals surface area contributed by atoms with Crippen LogP contribution in [-0.2, 0) is 11.3 Å². The summed E-state index contributed by atoms with van der Waals surface area (Å²) >= 11 is 0. The molecular weight excluding hydrogens is 428 g/mol. The Balaban J connectivity index is 1.48. The molecule has 5 rings (SSSR count). The van der Waals surface area contributed by atoms with Gasteiger partial charge in [-0.15, -0.1) is 5.10 Å². The van der Waals surface area contributed by atoms with Gasteiger partial charge in [-0.1, -0.05) is 56.3 Å². The highest BCUT2D eigenvalue weighted by atomic mass is 16.2. The Morgan fingerprint density at radius 3 is 2.38 bits per heavy atom. The molecule has 0 aliphatic heterocycles. The van der Waals surface area contributed by atoms with E-state index in [1.165, 1.54) is 14.6 Å². The molecule has 172 valence electrons. The molecule has 0 saturated carbocycles. The molecule has 34 heavy (non-hydrogen) atoms. The highest BCUT2D eigenvalue weighted by Gasteiger charge is 2.16. The molecular formula is C26H26N6O2. The summed E-state index contributed by atoms with van der Waals surface area (Å²) in [7, 11) is 0. The lowest BCUT2D eigenvalue weighted by Crippen LogP contribution is -2.28. The van der Waals surface area contributed by atoms with Crippen LogP contribution in [0.1, 0.15) is 36.5 Å². The minimum Gasteiger partial charge on any atom is -0.324 e. The minimum absolute atomic E-state index is 0.182. The van der Waals surface area contributed by atoms with E-state index in [0.717, 1.165) is 28.1 Å². The van der Waals surface area contributed by atoms with E-state index >= 15 is 0 Å². The fourth-order valence-electron chi connectivity index (χ4n) is 4.14. The van der Waals surface area contributed by atoms with Crippen molar-refractivity contribution in [1.29, 1.82) is 0 Å². The zero-order valence-corrected chi connectivity index (χ0v) is 19.6. The lowest BCUT2D eigenvalue weighted by atomic mass is 10.0. The SMILES string of the molecule is Cc1cccc(C)c1NC(=O)Cn1nc2c3cc(-c4ccc(C(C)C)cc4)nn3ccn2c1=O. The topological polar surface area (TPSA) is 85.7 Å². The molecule has 1 N–H and O–H groups in total. The third kappa shape index (κ3) is 3.77. The number of aromatic nitrogens is 5. The molecule has 0 aliphatic rings. The first-order valence-corrected chi connectivity index (χ1v) is 11.3. The molecule has 0 aliphatic carbocycles. The van der Waals surface area contributed by atoms with Crippen molar-refractivity contribution in [2.24, 2.45) is 0 Å². The standard InChI is InChI=1S/C26H26N6O2/c1-16(2)19-8-10-20(11-9-19)21-14-22-25-29-32(26(34)30(25)12-13-31(22)28-21)15-23(33)27-24-17(3)6-5-7-18(24)4/h5-14,16H,15H2,1-4H3,(H,27,33). The van der Waals surface area contributed by atoms with E-state index in [-0.39, 0.29) is 18.1 Å². The monoisotopic (exact) mass is 454 g/mol. The van der Waals surface area contributed by atoms with E-state index in [2.05, 4.69) is 53.6 Å². The number of para-hydroxylation sites is 1. The summed E-state index contributed by atoms with van der Waals surface area (Å²) in [5.74, 6) is 0.149. The zero-order valence-electron chi connectivity index (χ0n) is 19.6. The number of amides is 1. The number of benzene rings is 2. The van der Waals surface area contributed by atoms with Crippen LogP contribution in [0.3, 0.4) is 0 Å². The van der Waals surface area contributed by atoms with Crippen LogP contribution in [0.25, 0.3) is 22.4 Å². The van der Waals surface area contributed by atoms with Gasteiger partial charge in [-0.05, 0) is 42.5 Å². The van der Waals surface area contributed by atoms with Gasteiger partial charge in [0.25, 0.3) is 0 Å². The molecule has 5 aromatic rings. The lowest BCUT2D eigenvalue weighted by molar-refractivity contribution is -0.117. The third-order valence-electron chi connectivity index (χ3n) is 6.10. The summed E-state index contributed by atoms with van der Waals surface area (Å²) < 4.78 is 4.33. The van der Waals surface area contributed by atoms with E-state index in [1.54, 1.807) is 16.9 Å². The normalized spacial score (nSPS) is 11.6. The van der Waals surface area contributed by atoms with Crippen molar-refractivity contribution in [1.82, 2.24) is 23.8 Å². The molecule has 2 aromatic carbocycles. The second-order valence-corrected chi connectivity index (χ2v) is 8.88. The lowest BCUT2D eigenvalue weighted by Gasteiger charge is -2.10. The molecule has 3 heterocycles. The number of carbonyl (C=O) groups excluding carboxylic acids is 1. The maximum absolute atomic E-state index is 12.9. The largest absolute Gasteiger partial charge is 0.350 e. The average molecular weight is 455 g/mol.